The summed E-state index contributed by atoms with van der Waals surface area (Å²) in [5, 5.41) is 6.02. The Labute approximate surface area is 151 Å². The molecule has 0 fully saturated rings. The van der Waals surface area contributed by atoms with E-state index >= 15 is 0 Å². The Kier molecular flexibility index (Phi) is 10.7. The minimum absolute atomic E-state index is 0. The van der Waals surface area contributed by atoms with Gasteiger partial charge in [0.05, 0.1) is 6.61 Å². The van der Waals surface area contributed by atoms with Crippen LogP contribution in [0.5, 0.6) is 5.75 Å². The summed E-state index contributed by atoms with van der Waals surface area (Å²) >= 11 is 0. The summed E-state index contributed by atoms with van der Waals surface area (Å²) in [5.41, 5.74) is 1.35. The second-order valence-corrected chi connectivity index (χ2v) is 6.57. The van der Waals surface area contributed by atoms with Gasteiger partial charge in [-0.25, -0.2) is 0 Å². The lowest BCUT2D eigenvalue weighted by molar-refractivity contribution is -0.127. The fraction of sp³-hybridized carbons (Fsp3) is 0.611. The Morgan fingerprint density at radius 3 is 2.29 bits per heavy atom. The number of amides is 1. The third-order valence-corrected chi connectivity index (χ3v) is 3.49. The molecule has 0 aromatic heterocycles. The standard InChI is InChI=1S/C18H30N2O3.ClH/c1-14(17(21)20-11-10-19-12-13-22-5)23-16-8-6-15(7-9-16)18(2,3)4;/h6-9,14,19H,10-13H2,1-5H3,(H,20,21);1H. The number of hydrogen-bond acceptors (Lipinski definition) is 4. The van der Waals surface area contributed by atoms with E-state index in [1.54, 1.807) is 14.0 Å². The third kappa shape index (κ3) is 8.52. The zero-order valence-electron chi connectivity index (χ0n) is 15.3. The molecule has 0 aliphatic carbocycles. The van der Waals surface area contributed by atoms with Crippen LogP contribution in [-0.4, -0.2) is 45.4 Å². The summed E-state index contributed by atoms with van der Waals surface area (Å²) in [5.74, 6) is 0.595. The number of carbonyl (C=O) groups excluding carboxylic acids is 1. The lowest BCUT2D eigenvalue weighted by atomic mass is 9.87. The Balaban J connectivity index is 0.00000529. The monoisotopic (exact) mass is 358 g/mol. The van der Waals surface area contributed by atoms with Crippen molar-refractivity contribution >= 4 is 18.3 Å². The van der Waals surface area contributed by atoms with E-state index in [1.165, 1.54) is 5.56 Å². The molecule has 1 rings (SSSR count). The van der Waals surface area contributed by atoms with Gasteiger partial charge >= 0.3 is 0 Å². The fourth-order valence-electron chi connectivity index (χ4n) is 2.01. The second kappa shape index (κ2) is 11.3. The number of methoxy groups -OCH3 is 1. The van der Waals surface area contributed by atoms with Crippen molar-refractivity contribution < 1.29 is 14.3 Å². The molecule has 5 nitrogen and oxygen atoms in total. The molecule has 1 aromatic carbocycles. The van der Waals surface area contributed by atoms with E-state index in [2.05, 4.69) is 31.4 Å². The molecule has 0 saturated heterocycles. The van der Waals surface area contributed by atoms with Crippen LogP contribution in [0.4, 0.5) is 0 Å². The quantitative estimate of drug-likeness (QED) is 0.666. The minimum Gasteiger partial charge on any atom is -0.481 e. The topological polar surface area (TPSA) is 59.6 Å². The van der Waals surface area contributed by atoms with E-state index in [4.69, 9.17) is 9.47 Å². The first-order valence-corrected chi connectivity index (χ1v) is 8.09. The molecular formula is C18H31ClN2O3. The zero-order valence-corrected chi connectivity index (χ0v) is 16.2. The minimum atomic E-state index is -0.519. The largest absolute Gasteiger partial charge is 0.481 e. The van der Waals surface area contributed by atoms with Gasteiger partial charge in [0, 0.05) is 26.7 Å². The summed E-state index contributed by atoms with van der Waals surface area (Å²) in [6, 6.07) is 7.91. The molecule has 6 heteroatoms. The predicted molar refractivity (Wildman–Crippen MR) is 100 cm³/mol. The van der Waals surface area contributed by atoms with Crippen molar-refractivity contribution in [2.75, 3.05) is 33.4 Å². The van der Waals surface area contributed by atoms with Gasteiger partial charge in [-0.3, -0.25) is 4.79 Å². The highest BCUT2D eigenvalue weighted by atomic mass is 35.5. The zero-order chi connectivity index (χ0) is 17.3. The number of ether oxygens (including phenoxy) is 2. The van der Waals surface area contributed by atoms with Gasteiger partial charge in [0.15, 0.2) is 6.10 Å². The lowest BCUT2D eigenvalue weighted by Gasteiger charge is -2.20. The average Bonchev–Trinajstić information content (AvgIpc) is 2.50. The Morgan fingerprint density at radius 2 is 1.75 bits per heavy atom. The van der Waals surface area contributed by atoms with E-state index in [1.807, 2.05) is 24.3 Å². The van der Waals surface area contributed by atoms with Crippen LogP contribution in [-0.2, 0) is 14.9 Å². The van der Waals surface area contributed by atoms with Crippen molar-refractivity contribution in [3.05, 3.63) is 29.8 Å². The van der Waals surface area contributed by atoms with Gasteiger partial charge in [-0.2, -0.15) is 0 Å². The highest BCUT2D eigenvalue weighted by Crippen LogP contribution is 2.24. The number of benzene rings is 1. The van der Waals surface area contributed by atoms with Gasteiger partial charge in [0.1, 0.15) is 5.75 Å². The van der Waals surface area contributed by atoms with Gasteiger partial charge in [0.2, 0.25) is 0 Å². The number of carbonyl (C=O) groups is 1. The summed E-state index contributed by atoms with van der Waals surface area (Å²) in [7, 11) is 1.66. The molecule has 0 aliphatic rings. The van der Waals surface area contributed by atoms with Crippen molar-refractivity contribution in [3.8, 4) is 5.75 Å². The molecule has 0 saturated carbocycles. The molecule has 2 N–H and O–H groups in total. The van der Waals surface area contributed by atoms with E-state index in [0.717, 1.165) is 6.54 Å². The van der Waals surface area contributed by atoms with Crippen LogP contribution in [0, 0.1) is 0 Å². The first-order chi connectivity index (χ1) is 10.8. The molecule has 1 aromatic rings. The molecule has 0 bridgehead atoms. The first kappa shape index (κ1) is 22.7. The van der Waals surface area contributed by atoms with Crippen molar-refractivity contribution in [2.24, 2.45) is 0 Å². The molecule has 1 amide bonds. The first-order valence-electron chi connectivity index (χ1n) is 8.09. The van der Waals surface area contributed by atoms with Crippen LogP contribution in [0.2, 0.25) is 0 Å². The number of nitrogens with one attached hydrogen (secondary N) is 2. The molecule has 0 radical (unpaired) electrons. The van der Waals surface area contributed by atoms with Gasteiger partial charge in [-0.05, 0) is 30.0 Å². The third-order valence-electron chi connectivity index (χ3n) is 3.49. The SMILES string of the molecule is COCCNCCNC(=O)C(C)Oc1ccc(C(C)(C)C)cc1.Cl. The molecule has 24 heavy (non-hydrogen) atoms. The maximum atomic E-state index is 12.0. The molecule has 1 unspecified atom stereocenters. The normalized spacial score (nSPS) is 12.2. The van der Waals surface area contributed by atoms with Crippen LogP contribution in [0.15, 0.2) is 24.3 Å². The van der Waals surface area contributed by atoms with Crippen molar-refractivity contribution in [2.45, 2.75) is 39.2 Å². The molecule has 1 atom stereocenters. The molecule has 138 valence electrons. The number of rotatable bonds is 9. The maximum absolute atomic E-state index is 12.0. The van der Waals surface area contributed by atoms with E-state index in [9.17, 15) is 4.79 Å². The van der Waals surface area contributed by atoms with Gasteiger partial charge in [0.25, 0.3) is 5.91 Å². The summed E-state index contributed by atoms with van der Waals surface area (Å²) in [6.07, 6.45) is -0.519. The van der Waals surface area contributed by atoms with Gasteiger partial charge in [-0.1, -0.05) is 32.9 Å². The van der Waals surface area contributed by atoms with Gasteiger partial charge < -0.3 is 20.1 Å². The Morgan fingerprint density at radius 1 is 1.12 bits per heavy atom. The fourth-order valence-corrected chi connectivity index (χ4v) is 2.01. The highest BCUT2D eigenvalue weighted by Gasteiger charge is 2.16. The summed E-state index contributed by atoms with van der Waals surface area (Å²) in [6.45, 7) is 11.0. The van der Waals surface area contributed by atoms with Crippen molar-refractivity contribution in [1.82, 2.24) is 10.6 Å². The highest BCUT2D eigenvalue weighted by molar-refractivity contribution is 5.85. The Hall–Kier alpha value is -1.30. The smallest absolute Gasteiger partial charge is 0.260 e. The summed E-state index contributed by atoms with van der Waals surface area (Å²) < 4.78 is 10.6. The maximum Gasteiger partial charge on any atom is 0.260 e. The summed E-state index contributed by atoms with van der Waals surface area (Å²) in [4.78, 5) is 12.0. The number of halogens is 1. The second-order valence-electron chi connectivity index (χ2n) is 6.57. The van der Waals surface area contributed by atoms with E-state index < -0.39 is 6.10 Å². The molecule has 0 aliphatic heterocycles. The van der Waals surface area contributed by atoms with Crippen molar-refractivity contribution in [3.63, 3.8) is 0 Å². The average molecular weight is 359 g/mol. The van der Waals surface area contributed by atoms with Crippen LogP contribution in [0.1, 0.15) is 33.3 Å². The van der Waals surface area contributed by atoms with Crippen LogP contribution in [0.3, 0.4) is 0 Å². The van der Waals surface area contributed by atoms with Crippen LogP contribution < -0.4 is 15.4 Å². The molecular weight excluding hydrogens is 328 g/mol. The van der Waals surface area contributed by atoms with E-state index in [-0.39, 0.29) is 23.7 Å². The Bertz CT molecular complexity index is 472. The van der Waals surface area contributed by atoms with E-state index in [0.29, 0.717) is 25.4 Å². The number of hydrogen-bond donors (Lipinski definition) is 2. The molecule has 0 spiro atoms. The molecule has 0 heterocycles. The van der Waals surface area contributed by atoms with Crippen LogP contribution >= 0.6 is 12.4 Å². The predicted octanol–water partition coefficient (Wildman–Crippen LogP) is 2.53. The van der Waals surface area contributed by atoms with Gasteiger partial charge in [-0.15, -0.1) is 12.4 Å². The lowest BCUT2D eigenvalue weighted by Crippen LogP contribution is -2.40. The van der Waals surface area contributed by atoms with Crippen LogP contribution in [0.25, 0.3) is 0 Å². The van der Waals surface area contributed by atoms with Crippen molar-refractivity contribution in [1.29, 1.82) is 0 Å².